The smallest absolute Gasteiger partial charge is 0.0518 e. The van der Waals surface area contributed by atoms with Crippen LogP contribution in [-0.4, -0.2) is 39.4 Å². The molecule has 0 unspecified atom stereocenters. The van der Waals surface area contributed by atoms with Gasteiger partial charge in [0.1, 0.15) is 0 Å². The van der Waals surface area contributed by atoms with Crippen LogP contribution in [0, 0.1) is 11.8 Å². The summed E-state index contributed by atoms with van der Waals surface area (Å²) in [7, 11) is 0. The molecule has 5 nitrogen and oxygen atoms in total. The Bertz CT molecular complexity index is 92.3. The van der Waals surface area contributed by atoms with Crippen molar-refractivity contribution in [3.05, 3.63) is 0 Å². The summed E-state index contributed by atoms with van der Waals surface area (Å²) in [4.78, 5) is 0. The third-order valence-electron chi connectivity index (χ3n) is 2.04. The summed E-state index contributed by atoms with van der Waals surface area (Å²) in [6.07, 6.45) is 0. The van der Waals surface area contributed by atoms with Crippen molar-refractivity contribution in [2.24, 2.45) is 34.8 Å². The van der Waals surface area contributed by atoms with Gasteiger partial charge in [-0.2, -0.15) is 0 Å². The van der Waals surface area contributed by atoms with Gasteiger partial charge < -0.3 is 27.7 Å². The van der Waals surface area contributed by atoms with E-state index >= 15 is 0 Å². The molecule has 0 saturated carbocycles. The predicted molar refractivity (Wildman–Crippen MR) is 54.0 cm³/mol. The van der Waals surface area contributed by atoms with E-state index in [4.69, 9.17) is 27.7 Å². The second kappa shape index (κ2) is 8.40. The fourth-order valence-electron chi connectivity index (χ4n) is 0.866. The van der Waals surface area contributed by atoms with Crippen LogP contribution in [0.4, 0.5) is 0 Å². The van der Waals surface area contributed by atoms with Crippen molar-refractivity contribution in [1.82, 2.24) is 0 Å². The molecule has 13 heavy (non-hydrogen) atoms. The summed E-state index contributed by atoms with van der Waals surface area (Å²) in [5.74, 6) is 0.493. The summed E-state index contributed by atoms with van der Waals surface area (Å²) in [5.41, 5.74) is 21.8. The average Bonchev–Trinajstić information content (AvgIpc) is 2.19. The Kier molecular flexibility index (Phi) is 8.27. The number of rotatable bonds is 8. The third kappa shape index (κ3) is 5.95. The highest BCUT2D eigenvalue weighted by molar-refractivity contribution is 4.62. The first-order valence-electron chi connectivity index (χ1n) is 4.66. The summed E-state index contributed by atoms with van der Waals surface area (Å²) in [5, 5.41) is 0. The van der Waals surface area contributed by atoms with Crippen molar-refractivity contribution in [1.29, 1.82) is 0 Å². The molecule has 5 heteroatoms. The maximum absolute atomic E-state index is 5.46. The highest BCUT2D eigenvalue weighted by atomic mass is 16.5. The van der Waals surface area contributed by atoms with E-state index in [-0.39, 0.29) is 11.8 Å². The molecule has 0 rings (SSSR count). The first-order chi connectivity index (χ1) is 6.28. The summed E-state index contributed by atoms with van der Waals surface area (Å²) in [6.45, 7) is 3.45. The molecule has 0 aromatic heterocycles. The minimum absolute atomic E-state index is 0.246. The van der Waals surface area contributed by atoms with Crippen LogP contribution in [-0.2, 0) is 4.74 Å². The second-order valence-electron chi connectivity index (χ2n) is 3.21. The van der Waals surface area contributed by atoms with Crippen molar-refractivity contribution in [3.8, 4) is 0 Å². The fraction of sp³-hybridized carbons (Fsp3) is 1.00. The Morgan fingerprint density at radius 2 is 1.00 bits per heavy atom. The molecule has 8 N–H and O–H groups in total. The molecule has 0 aromatic rings. The molecule has 0 aliphatic rings. The van der Waals surface area contributed by atoms with Gasteiger partial charge in [0, 0.05) is 11.8 Å². The Morgan fingerprint density at radius 3 is 1.23 bits per heavy atom. The number of hydrogen-bond acceptors (Lipinski definition) is 5. The largest absolute Gasteiger partial charge is 0.381 e. The molecule has 0 aliphatic heterocycles. The van der Waals surface area contributed by atoms with Crippen LogP contribution in [0.1, 0.15) is 0 Å². The van der Waals surface area contributed by atoms with E-state index < -0.39 is 0 Å². The molecule has 0 bridgehead atoms. The lowest BCUT2D eigenvalue weighted by molar-refractivity contribution is 0.0790. The maximum Gasteiger partial charge on any atom is 0.0518 e. The van der Waals surface area contributed by atoms with E-state index in [9.17, 15) is 0 Å². The number of nitrogens with two attached hydrogens (primary N) is 4. The molecular formula is C8H22N4O. The monoisotopic (exact) mass is 190 g/mol. The quantitative estimate of drug-likeness (QED) is 0.356. The van der Waals surface area contributed by atoms with Gasteiger partial charge in [0.25, 0.3) is 0 Å². The third-order valence-corrected chi connectivity index (χ3v) is 2.04. The van der Waals surface area contributed by atoms with Crippen molar-refractivity contribution < 1.29 is 4.74 Å². The van der Waals surface area contributed by atoms with E-state index in [1.165, 1.54) is 0 Å². The zero-order chi connectivity index (χ0) is 10.1. The van der Waals surface area contributed by atoms with Crippen LogP contribution >= 0.6 is 0 Å². The van der Waals surface area contributed by atoms with Crippen molar-refractivity contribution >= 4 is 0 Å². The summed E-state index contributed by atoms with van der Waals surface area (Å²) in [6, 6.07) is 0. The van der Waals surface area contributed by atoms with Crippen LogP contribution in [0.15, 0.2) is 0 Å². The van der Waals surface area contributed by atoms with Gasteiger partial charge >= 0.3 is 0 Å². The topological polar surface area (TPSA) is 113 Å². The minimum Gasteiger partial charge on any atom is -0.381 e. The highest BCUT2D eigenvalue weighted by Crippen LogP contribution is 1.96. The lowest BCUT2D eigenvalue weighted by Gasteiger charge is -2.16. The molecule has 0 fully saturated rings. The van der Waals surface area contributed by atoms with E-state index in [0.29, 0.717) is 39.4 Å². The van der Waals surface area contributed by atoms with Crippen LogP contribution in [0.25, 0.3) is 0 Å². The number of hydrogen-bond donors (Lipinski definition) is 4. The zero-order valence-corrected chi connectivity index (χ0v) is 8.11. The fourth-order valence-corrected chi connectivity index (χ4v) is 0.866. The Labute approximate surface area is 79.8 Å². The molecule has 0 amide bonds. The summed E-state index contributed by atoms with van der Waals surface area (Å²) >= 11 is 0. The average molecular weight is 190 g/mol. The Balaban J connectivity index is 3.41. The molecule has 0 aliphatic carbocycles. The summed E-state index contributed by atoms with van der Waals surface area (Å²) < 4.78 is 5.40. The minimum atomic E-state index is 0.246. The van der Waals surface area contributed by atoms with E-state index in [1.807, 2.05) is 0 Å². The molecular weight excluding hydrogens is 168 g/mol. The van der Waals surface area contributed by atoms with Gasteiger partial charge in [-0.25, -0.2) is 0 Å². The molecule has 0 heterocycles. The van der Waals surface area contributed by atoms with Crippen molar-refractivity contribution in [2.45, 2.75) is 0 Å². The van der Waals surface area contributed by atoms with Crippen LogP contribution in [0.3, 0.4) is 0 Å². The van der Waals surface area contributed by atoms with Crippen LogP contribution in [0.5, 0.6) is 0 Å². The lowest BCUT2D eigenvalue weighted by Crippen LogP contribution is -2.31. The highest BCUT2D eigenvalue weighted by Gasteiger charge is 2.07. The van der Waals surface area contributed by atoms with Gasteiger partial charge in [-0.05, 0) is 26.2 Å². The van der Waals surface area contributed by atoms with Gasteiger partial charge in [-0.1, -0.05) is 0 Å². The zero-order valence-electron chi connectivity index (χ0n) is 8.11. The van der Waals surface area contributed by atoms with Gasteiger partial charge in [0.2, 0.25) is 0 Å². The van der Waals surface area contributed by atoms with E-state index in [0.717, 1.165) is 0 Å². The number of ether oxygens (including phenoxy) is 1. The van der Waals surface area contributed by atoms with Crippen molar-refractivity contribution in [3.63, 3.8) is 0 Å². The van der Waals surface area contributed by atoms with Crippen LogP contribution in [0.2, 0.25) is 0 Å². The Morgan fingerprint density at radius 1 is 0.692 bits per heavy atom. The van der Waals surface area contributed by atoms with Gasteiger partial charge in [0.15, 0.2) is 0 Å². The van der Waals surface area contributed by atoms with E-state index in [1.54, 1.807) is 0 Å². The standard InChI is InChI=1S/C8H22N4O/c9-1-7(2-10)5-13-6-8(3-11)4-12/h7-8H,1-6,9-12H2. The molecule has 0 saturated heterocycles. The lowest BCUT2D eigenvalue weighted by atomic mass is 10.1. The molecule has 0 radical (unpaired) electrons. The Hall–Kier alpha value is -0.200. The van der Waals surface area contributed by atoms with Gasteiger partial charge in [-0.15, -0.1) is 0 Å². The first-order valence-corrected chi connectivity index (χ1v) is 4.66. The first kappa shape index (κ1) is 12.8. The normalized spacial score (nSPS) is 11.5. The van der Waals surface area contributed by atoms with Gasteiger partial charge in [0.05, 0.1) is 13.2 Å². The predicted octanol–water partition coefficient (Wildman–Crippen LogP) is -1.93. The molecule has 80 valence electrons. The molecule has 0 spiro atoms. The van der Waals surface area contributed by atoms with Gasteiger partial charge in [-0.3, -0.25) is 0 Å². The van der Waals surface area contributed by atoms with E-state index in [2.05, 4.69) is 0 Å². The molecule has 0 atom stereocenters. The second-order valence-corrected chi connectivity index (χ2v) is 3.21. The SMILES string of the molecule is NCC(CN)COCC(CN)CN. The molecule has 0 aromatic carbocycles. The maximum atomic E-state index is 5.46. The van der Waals surface area contributed by atoms with Crippen molar-refractivity contribution in [2.75, 3.05) is 39.4 Å². The van der Waals surface area contributed by atoms with Crippen LogP contribution < -0.4 is 22.9 Å².